The summed E-state index contributed by atoms with van der Waals surface area (Å²) in [7, 11) is 0. The monoisotopic (exact) mass is 208 g/mol. The lowest BCUT2D eigenvalue weighted by molar-refractivity contribution is 0.0956. The third kappa shape index (κ3) is 2.53. The highest BCUT2D eigenvalue weighted by Gasteiger charge is 2.03. The summed E-state index contributed by atoms with van der Waals surface area (Å²) in [5.74, 6) is -0.0815. The van der Waals surface area contributed by atoms with E-state index in [9.17, 15) is 4.79 Å². The fourth-order valence-electron chi connectivity index (χ4n) is 1.05. The molecule has 0 saturated carbocycles. The average Bonchev–Trinajstić information content (AvgIpc) is 2.18. The smallest absolute Gasteiger partial charge is 0.251 e. The molecule has 0 unspecified atom stereocenters. The number of hydrogen-bond donors (Lipinski definition) is 2. The van der Waals surface area contributed by atoms with Crippen molar-refractivity contribution in [3.8, 4) is 0 Å². The number of benzene rings is 1. The molecule has 0 fully saturated rings. The molecule has 1 aromatic rings. The Morgan fingerprint density at radius 3 is 2.29 bits per heavy atom. The largest absolute Gasteiger partial charge is 0.389 e. The van der Waals surface area contributed by atoms with Crippen molar-refractivity contribution in [3.63, 3.8) is 0 Å². The van der Waals surface area contributed by atoms with Crippen molar-refractivity contribution in [1.82, 2.24) is 5.32 Å². The first-order valence-corrected chi connectivity index (χ1v) is 4.74. The van der Waals surface area contributed by atoms with E-state index in [4.69, 9.17) is 18.0 Å². The third-order valence-electron chi connectivity index (χ3n) is 1.77. The third-order valence-corrected chi connectivity index (χ3v) is 2.00. The van der Waals surface area contributed by atoms with E-state index in [1.54, 1.807) is 24.3 Å². The lowest BCUT2D eigenvalue weighted by Crippen LogP contribution is -2.22. The Kier molecular flexibility index (Phi) is 3.59. The topological polar surface area (TPSA) is 55.1 Å². The second-order valence-electron chi connectivity index (χ2n) is 2.80. The van der Waals surface area contributed by atoms with E-state index in [2.05, 4.69) is 5.32 Å². The van der Waals surface area contributed by atoms with Crippen LogP contribution >= 0.6 is 12.2 Å². The first kappa shape index (κ1) is 10.7. The normalized spacial score (nSPS) is 9.50. The second kappa shape index (κ2) is 4.72. The molecule has 0 atom stereocenters. The molecule has 0 heterocycles. The van der Waals surface area contributed by atoms with Gasteiger partial charge in [0.1, 0.15) is 4.99 Å². The Morgan fingerprint density at radius 2 is 1.86 bits per heavy atom. The summed E-state index contributed by atoms with van der Waals surface area (Å²) in [5, 5.41) is 2.71. The van der Waals surface area contributed by atoms with Gasteiger partial charge in [0.25, 0.3) is 5.91 Å². The van der Waals surface area contributed by atoms with Crippen LogP contribution in [0.1, 0.15) is 22.8 Å². The number of carbonyl (C=O) groups is 1. The molecule has 3 nitrogen and oxygen atoms in total. The molecular formula is C10H12N2OS. The van der Waals surface area contributed by atoms with E-state index in [0.717, 1.165) is 5.56 Å². The van der Waals surface area contributed by atoms with Crippen molar-refractivity contribution < 1.29 is 4.79 Å². The summed E-state index contributed by atoms with van der Waals surface area (Å²) in [5.41, 5.74) is 6.82. The highest BCUT2D eigenvalue weighted by Crippen LogP contribution is 2.04. The van der Waals surface area contributed by atoms with Crippen molar-refractivity contribution in [1.29, 1.82) is 0 Å². The first-order valence-electron chi connectivity index (χ1n) is 4.33. The second-order valence-corrected chi connectivity index (χ2v) is 3.24. The van der Waals surface area contributed by atoms with Gasteiger partial charge < -0.3 is 11.1 Å². The SMILES string of the molecule is CCNC(=O)c1ccc(C(N)=S)cc1. The molecule has 0 saturated heterocycles. The van der Waals surface area contributed by atoms with Gasteiger partial charge in [-0.3, -0.25) is 4.79 Å². The van der Waals surface area contributed by atoms with Crippen LogP contribution in [0.25, 0.3) is 0 Å². The number of amides is 1. The van der Waals surface area contributed by atoms with Crippen molar-refractivity contribution in [2.45, 2.75) is 6.92 Å². The van der Waals surface area contributed by atoms with Crippen LogP contribution in [0.15, 0.2) is 24.3 Å². The minimum atomic E-state index is -0.0815. The van der Waals surface area contributed by atoms with Gasteiger partial charge in [-0.15, -0.1) is 0 Å². The lowest BCUT2D eigenvalue weighted by Gasteiger charge is -2.02. The van der Waals surface area contributed by atoms with Crippen LogP contribution in [0.2, 0.25) is 0 Å². The van der Waals surface area contributed by atoms with Gasteiger partial charge in [0, 0.05) is 17.7 Å². The maximum absolute atomic E-state index is 11.4. The summed E-state index contributed by atoms with van der Waals surface area (Å²) in [6.45, 7) is 2.50. The number of hydrogen-bond acceptors (Lipinski definition) is 2. The molecule has 0 aliphatic carbocycles. The molecule has 1 amide bonds. The predicted octanol–water partition coefficient (Wildman–Crippen LogP) is 1.07. The van der Waals surface area contributed by atoms with E-state index < -0.39 is 0 Å². The van der Waals surface area contributed by atoms with E-state index >= 15 is 0 Å². The Bertz CT molecular complexity index is 346. The molecular weight excluding hydrogens is 196 g/mol. The maximum atomic E-state index is 11.4. The molecule has 0 bridgehead atoms. The molecule has 0 aliphatic heterocycles. The molecule has 1 rings (SSSR count). The zero-order chi connectivity index (χ0) is 10.6. The van der Waals surface area contributed by atoms with Gasteiger partial charge in [0.2, 0.25) is 0 Å². The average molecular weight is 208 g/mol. The number of rotatable bonds is 3. The fourth-order valence-corrected chi connectivity index (χ4v) is 1.18. The Morgan fingerprint density at radius 1 is 1.36 bits per heavy atom. The van der Waals surface area contributed by atoms with Gasteiger partial charge >= 0.3 is 0 Å². The number of carbonyl (C=O) groups excluding carboxylic acids is 1. The molecule has 3 N–H and O–H groups in total. The first-order chi connectivity index (χ1) is 6.65. The fraction of sp³-hybridized carbons (Fsp3) is 0.200. The van der Waals surface area contributed by atoms with Crippen LogP contribution in [0, 0.1) is 0 Å². The summed E-state index contributed by atoms with van der Waals surface area (Å²) in [6.07, 6.45) is 0. The molecule has 0 aliphatic rings. The Labute approximate surface area is 88.3 Å². The molecule has 0 spiro atoms. The standard InChI is InChI=1S/C10H12N2OS/c1-2-12-10(13)8-5-3-7(4-6-8)9(11)14/h3-6H,2H2,1H3,(H2,11,14)(H,12,13). The predicted molar refractivity (Wildman–Crippen MR) is 60.3 cm³/mol. The summed E-state index contributed by atoms with van der Waals surface area (Å²) >= 11 is 4.80. The van der Waals surface area contributed by atoms with E-state index in [0.29, 0.717) is 17.1 Å². The van der Waals surface area contributed by atoms with Crippen molar-refractivity contribution in [2.24, 2.45) is 5.73 Å². The van der Waals surface area contributed by atoms with E-state index in [1.165, 1.54) is 0 Å². The Balaban J connectivity index is 2.83. The van der Waals surface area contributed by atoms with Gasteiger partial charge in [0.05, 0.1) is 0 Å². The molecule has 0 aromatic heterocycles. The molecule has 4 heteroatoms. The van der Waals surface area contributed by atoms with Crippen LogP contribution < -0.4 is 11.1 Å². The zero-order valence-electron chi connectivity index (χ0n) is 7.91. The van der Waals surface area contributed by atoms with Crippen molar-refractivity contribution in [3.05, 3.63) is 35.4 Å². The van der Waals surface area contributed by atoms with Crippen molar-refractivity contribution in [2.75, 3.05) is 6.54 Å². The number of nitrogens with two attached hydrogens (primary N) is 1. The lowest BCUT2D eigenvalue weighted by atomic mass is 10.1. The highest BCUT2D eigenvalue weighted by molar-refractivity contribution is 7.80. The Hall–Kier alpha value is -1.42. The van der Waals surface area contributed by atoms with Gasteiger partial charge in [-0.1, -0.05) is 24.4 Å². The summed E-state index contributed by atoms with van der Waals surface area (Å²) in [6, 6.07) is 6.90. The van der Waals surface area contributed by atoms with E-state index in [1.807, 2.05) is 6.92 Å². The van der Waals surface area contributed by atoms with Crippen LogP contribution in [-0.2, 0) is 0 Å². The van der Waals surface area contributed by atoms with Gasteiger partial charge in [-0.2, -0.15) is 0 Å². The molecule has 14 heavy (non-hydrogen) atoms. The van der Waals surface area contributed by atoms with Crippen molar-refractivity contribution >= 4 is 23.1 Å². The van der Waals surface area contributed by atoms with Crippen LogP contribution in [0.4, 0.5) is 0 Å². The maximum Gasteiger partial charge on any atom is 0.251 e. The van der Waals surface area contributed by atoms with Gasteiger partial charge in [-0.25, -0.2) is 0 Å². The number of thiocarbonyl (C=S) groups is 1. The molecule has 1 aromatic carbocycles. The summed E-state index contributed by atoms with van der Waals surface area (Å²) < 4.78 is 0. The molecule has 0 radical (unpaired) electrons. The van der Waals surface area contributed by atoms with Crippen LogP contribution in [0.5, 0.6) is 0 Å². The molecule has 74 valence electrons. The minimum Gasteiger partial charge on any atom is -0.389 e. The van der Waals surface area contributed by atoms with Crippen LogP contribution in [-0.4, -0.2) is 17.4 Å². The van der Waals surface area contributed by atoms with Gasteiger partial charge in [-0.05, 0) is 19.1 Å². The van der Waals surface area contributed by atoms with Crippen LogP contribution in [0.3, 0.4) is 0 Å². The minimum absolute atomic E-state index is 0.0815. The zero-order valence-corrected chi connectivity index (χ0v) is 8.73. The highest BCUT2D eigenvalue weighted by atomic mass is 32.1. The summed E-state index contributed by atoms with van der Waals surface area (Å²) in [4.78, 5) is 11.7. The quantitative estimate of drug-likeness (QED) is 0.731. The van der Waals surface area contributed by atoms with E-state index in [-0.39, 0.29) is 5.91 Å². The number of nitrogens with one attached hydrogen (secondary N) is 1. The van der Waals surface area contributed by atoms with Gasteiger partial charge in [0.15, 0.2) is 0 Å².